The van der Waals surface area contributed by atoms with E-state index in [0.717, 1.165) is 0 Å². The first kappa shape index (κ1) is 25.6. The number of carbonyl (C=O) groups excluding carboxylic acids is 1. The number of sulfonamides is 1. The maximum Gasteiger partial charge on any atom is 0.307 e. The standard InChI is InChI=1S/C24H23BN2O7S/c1-3-26-24(30)16-7-9-20(34-18-6-4-5-15(11-18)12-23(28)29)19(13-16)27-35(31,32)22-14-17(25)8-10-21(22)33-2/h4-11,13-14,27H,3,12H2,1-2H3,(H,26,30)(H,28,29). The average Bonchev–Trinajstić information content (AvgIpc) is 2.80. The van der Waals surface area contributed by atoms with Gasteiger partial charge in [0.25, 0.3) is 15.9 Å². The molecule has 180 valence electrons. The van der Waals surface area contributed by atoms with Crippen LogP contribution in [0.25, 0.3) is 0 Å². The van der Waals surface area contributed by atoms with Crippen LogP contribution in [0.5, 0.6) is 17.2 Å². The topological polar surface area (TPSA) is 131 Å². The highest BCUT2D eigenvalue weighted by Gasteiger charge is 2.23. The van der Waals surface area contributed by atoms with Crippen LogP contribution in [0, 0.1) is 0 Å². The van der Waals surface area contributed by atoms with Gasteiger partial charge in [-0.15, -0.1) is 0 Å². The normalized spacial score (nSPS) is 10.9. The van der Waals surface area contributed by atoms with Gasteiger partial charge in [0, 0.05) is 12.1 Å². The minimum atomic E-state index is -4.22. The summed E-state index contributed by atoms with van der Waals surface area (Å²) >= 11 is 0. The summed E-state index contributed by atoms with van der Waals surface area (Å²) in [7, 11) is 2.90. The lowest BCUT2D eigenvalue weighted by atomic mass is 9.97. The number of carboxylic acid groups (broad SMARTS) is 1. The highest BCUT2D eigenvalue weighted by atomic mass is 32.2. The number of nitrogens with one attached hydrogen (secondary N) is 2. The van der Waals surface area contributed by atoms with Gasteiger partial charge in [-0.2, -0.15) is 0 Å². The monoisotopic (exact) mass is 494 g/mol. The Balaban J connectivity index is 2.04. The molecule has 3 aromatic carbocycles. The van der Waals surface area contributed by atoms with Crippen molar-refractivity contribution in [2.75, 3.05) is 18.4 Å². The molecule has 1 amide bonds. The predicted molar refractivity (Wildman–Crippen MR) is 131 cm³/mol. The smallest absolute Gasteiger partial charge is 0.307 e. The summed E-state index contributed by atoms with van der Waals surface area (Å²) in [5.41, 5.74) is 0.910. The second-order valence-electron chi connectivity index (χ2n) is 7.41. The fourth-order valence-electron chi connectivity index (χ4n) is 3.23. The van der Waals surface area contributed by atoms with Crippen molar-refractivity contribution >= 4 is 40.9 Å². The first-order valence-electron chi connectivity index (χ1n) is 10.5. The molecule has 3 rings (SSSR count). The Morgan fingerprint density at radius 3 is 2.46 bits per heavy atom. The first-order chi connectivity index (χ1) is 16.6. The van der Waals surface area contributed by atoms with Gasteiger partial charge in [0.15, 0.2) is 5.75 Å². The van der Waals surface area contributed by atoms with Crippen molar-refractivity contribution < 1.29 is 32.6 Å². The number of benzene rings is 3. The first-order valence-corrected chi connectivity index (χ1v) is 12.0. The van der Waals surface area contributed by atoms with E-state index in [1.807, 2.05) is 0 Å². The highest BCUT2D eigenvalue weighted by Crippen LogP contribution is 2.34. The molecule has 0 spiro atoms. The van der Waals surface area contributed by atoms with Gasteiger partial charge in [0.1, 0.15) is 24.2 Å². The van der Waals surface area contributed by atoms with Crippen molar-refractivity contribution in [1.82, 2.24) is 5.32 Å². The molecule has 0 aliphatic carbocycles. The van der Waals surface area contributed by atoms with Crippen molar-refractivity contribution in [3.63, 3.8) is 0 Å². The molecule has 0 fully saturated rings. The van der Waals surface area contributed by atoms with Gasteiger partial charge in [0.05, 0.1) is 19.2 Å². The average molecular weight is 494 g/mol. The van der Waals surface area contributed by atoms with Crippen molar-refractivity contribution in [2.45, 2.75) is 18.2 Å². The number of carbonyl (C=O) groups is 2. The number of aliphatic carboxylic acids is 1. The molecule has 0 aliphatic rings. The van der Waals surface area contributed by atoms with E-state index < -0.39 is 21.9 Å². The molecule has 2 radical (unpaired) electrons. The molecule has 0 saturated carbocycles. The van der Waals surface area contributed by atoms with Gasteiger partial charge >= 0.3 is 5.97 Å². The Morgan fingerprint density at radius 2 is 1.77 bits per heavy atom. The summed E-state index contributed by atoms with van der Waals surface area (Å²) in [5, 5.41) is 11.7. The summed E-state index contributed by atoms with van der Waals surface area (Å²) in [6.07, 6.45) is -0.206. The van der Waals surface area contributed by atoms with Crippen LogP contribution in [-0.4, -0.2) is 46.9 Å². The number of methoxy groups -OCH3 is 1. The van der Waals surface area contributed by atoms with Crippen LogP contribution in [-0.2, 0) is 21.2 Å². The van der Waals surface area contributed by atoms with Gasteiger partial charge in [0.2, 0.25) is 0 Å². The van der Waals surface area contributed by atoms with Crippen LogP contribution in [0.4, 0.5) is 5.69 Å². The van der Waals surface area contributed by atoms with Gasteiger partial charge < -0.3 is 19.9 Å². The predicted octanol–water partition coefficient (Wildman–Crippen LogP) is 2.46. The van der Waals surface area contributed by atoms with E-state index >= 15 is 0 Å². The minimum Gasteiger partial charge on any atom is -0.495 e. The molecule has 0 atom stereocenters. The van der Waals surface area contributed by atoms with E-state index in [9.17, 15) is 18.0 Å². The van der Waals surface area contributed by atoms with E-state index in [0.29, 0.717) is 12.1 Å². The number of ether oxygens (including phenoxy) is 2. The summed E-state index contributed by atoms with van der Waals surface area (Å²) in [5.74, 6) is -0.939. The number of rotatable bonds is 10. The summed E-state index contributed by atoms with van der Waals surface area (Å²) in [4.78, 5) is 23.2. The molecule has 35 heavy (non-hydrogen) atoms. The van der Waals surface area contributed by atoms with Gasteiger partial charge in [-0.05, 0) is 55.0 Å². The molecule has 3 N–H and O–H groups in total. The maximum atomic E-state index is 13.3. The van der Waals surface area contributed by atoms with Crippen molar-refractivity contribution in [2.24, 2.45) is 0 Å². The Hall–Kier alpha value is -3.99. The Morgan fingerprint density at radius 1 is 1.03 bits per heavy atom. The lowest BCUT2D eigenvalue weighted by molar-refractivity contribution is -0.136. The lowest BCUT2D eigenvalue weighted by Crippen LogP contribution is -2.23. The zero-order chi connectivity index (χ0) is 25.6. The number of hydrogen-bond donors (Lipinski definition) is 3. The zero-order valence-corrected chi connectivity index (χ0v) is 19.9. The largest absolute Gasteiger partial charge is 0.495 e. The van der Waals surface area contributed by atoms with E-state index in [1.54, 1.807) is 25.1 Å². The number of amides is 1. The SMILES string of the molecule is [B]c1ccc(OC)c(S(=O)(=O)Nc2cc(C(=O)NCC)ccc2Oc2cccc(CC(=O)O)c2)c1. The molecule has 0 unspecified atom stereocenters. The molecule has 3 aromatic rings. The fraction of sp³-hybridized carbons (Fsp3) is 0.167. The van der Waals surface area contributed by atoms with E-state index in [2.05, 4.69) is 10.0 Å². The Labute approximate surface area is 204 Å². The third-order valence-corrected chi connectivity index (χ3v) is 6.17. The van der Waals surface area contributed by atoms with Crippen LogP contribution in [0.2, 0.25) is 0 Å². The van der Waals surface area contributed by atoms with E-state index in [4.69, 9.17) is 22.4 Å². The van der Waals surface area contributed by atoms with Crippen molar-refractivity contribution in [3.8, 4) is 17.2 Å². The third kappa shape index (κ3) is 6.54. The summed E-state index contributed by atoms with van der Waals surface area (Å²) in [6.45, 7) is 2.14. The summed E-state index contributed by atoms with van der Waals surface area (Å²) in [6, 6.07) is 14.9. The van der Waals surface area contributed by atoms with Crippen LogP contribution >= 0.6 is 0 Å². The van der Waals surface area contributed by atoms with Gasteiger partial charge in [-0.25, -0.2) is 8.42 Å². The number of anilines is 1. The number of carboxylic acids is 1. The highest BCUT2D eigenvalue weighted by molar-refractivity contribution is 7.92. The van der Waals surface area contributed by atoms with Crippen molar-refractivity contribution in [1.29, 1.82) is 0 Å². The van der Waals surface area contributed by atoms with Crippen molar-refractivity contribution in [3.05, 3.63) is 71.8 Å². The number of hydrogen-bond acceptors (Lipinski definition) is 6. The minimum absolute atomic E-state index is 0.0122. The Kier molecular flexibility index (Phi) is 8.03. The molecule has 0 bridgehead atoms. The molecule has 0 aliphatic heterocycles. The fourth-order valence-corrected chi connectivity index (χ4v) is 4.49. The van der Waals surface area contributed by atoms with Gasteiger partial charge in [-0.3, -0.25) is 14.3 Å². The second kappa shape index (κ2) is 11.0. The van der Waals surface area contributed by atoms with Crippen LogP contribution < -0.4 is 25.0 Å². The third-order valence-electron chi connectivity index (χ3n) is 4.78. The molecular weight excluding hydrogens is 471 g/mol. The quantitative estimate of drug-likeness (QED) is 0.369. The van der Waals surface area contributed by atoms with E-state index in [-0.39, 0.29) is 45.3 Å². The van der Waals surface area contributed by atoms with Crippen LogP contribution in [0.15, 0.2) is 65.6 Å². The van der Waals surface area contributed by atoms with Crippen LogP contribution in [0.1, 0.15) is 22.8 Å². The molecule has 11 heteroatoms. The molecule has 0 aromatic heterocycles. The lowest BCUT2D eigenvalue weighted by Gasteiger charge is -2.17. The maximum absolute atomic E-state index is 13.3. The van der Waals surface area contributed by atoms with Gasteiger partial charge in [-0.1, -0.05) is 23.7 Å². The van der Waals surface area contributed by atoms with E-state index in [1.165, 1.54) is 49.6 Å². The van der Waals surface area contributed by atoms with Crippen LogP contribution in [0.3, 0.4) is 0 Å². The zero-order valence-electron chi connectivity index (χ0n) is 19.1. The Bertz CT molecular complexity index is 1360. The molecular formula is C24H23BN2O7S. The molecule has 0 saturated heterocycles. The molecule has 0 heterocycles. The summed E-state index contributed by atoms with van der Waals surface area (Å²) < 4.78 is 40.0. The molecule has 9 nitrogen and oxygen atoms in total. The second-order valence-corrected chi connectivity index (χ2v) is 9.06.